The van der Waals surface area contributed by atoms with Crippen LogP contribution in [0.15, 0.2) is 70.7 Å². The van der Waals surface area contributed by atoms with Gasteiger partial charge in [-0.05, 0) is 46.2 Å². The van der Waals surface area contributed by atoms with Gasteiger partial charge in [0.1, 0.15) is 0 Å². The molecule has 0 aliphatic heterocycles. The Hall–Kier alpha value is -2.23. The number of anilines is 1. The summed E-state index contributed by atoms with van der Waals surface area (Å²) in [6.07, 6.45) is 0. The first-order chi connectivity index (χ1) is 14.2. The van der Waals surface area contributed by atoms with Crippen molar-refractivity contribution in [2.45, 2.75) is 0 Å². The Morgan fingerprint density at radius 1 is 0.800 bits per heavy atom. The molecule has 0 atom stereocenters. The molecule has 0 saturated carbocycles. The van der Waals surface area contributed by atoms with Crippen molar-refractivity contribution in [3.63, 3.8) is 0 Å². The second-order valence-electron chi connectivity index (χ2n) is 6.50. The molecule has 4 aromatic rings. The van der Waals surface area contributed by atoms with Gasteiger partial charge in [-0.2, -0.15) is 11.3 Å². The van der Waals surface area contributed by atoms with Crippen LogP contribution in [0.25, 0.3) is 31.3 Å². The van der Waals surface area contributed by atoms with Crippen molar-refractivity contribution in [2.24, 2.45) is 0 Å². The first-order valence-electron chi connectivity index (χ1n) is 8.90. The Labute approximate surface area is 185 Å². The molecule has 30 heavy (non-hydrogen) atoms. The fourth-order valence-corrected chi connectivity index (χ4v) is 5.37. The van der Waals surface area contributed by atoms with E-state index in [4.69, 9.17) is 0 Å². The van der Waals surface area contributed by atoms with Crippen LogP contribution in [0.4, 0.5) is 23.0 Å². The highest BCUT2D eigenvalue weighted by Gasteiger charge is 2.21. The van der Waals surface area contributed by atoms with Gasteiger partial charge in [-0.3, -0.25) is 0 Å². The SMILES string of the molecule is CN(C)c1ccc(-c2cc(-c3ccsc3)[s+]c(-c3cccs3)c2)cc1.F[B-](F)(F)F. The van der Waals surface area contributed by atoms with Gasteiger partial charge in [0.05, 0.1) is 10.4 Å². The van der Waals surface area contributed by atoms with E-state index in [1.807, 2.05) is 11.3 Å². The predicted molar refractivity (Wildman–Crippen MR) is 125 cm³/mol. The quantitative estimate of drug-likeness (QED) is 0.165. The molecule has 0 fully saturated rings. The van der Waals surface area contributed by atoms with Crippen LogP contribution in [-0.4, -0.2) is 21.3 Å². The third-order valence-corrected chi connectivity index (χ3v) is 6.93. The Bertz CT molecular complexity index is 1000. The van der Waals surface area contributed by atoms with Crippen molar-refractivity contribution in [1.82, 2.24) is 0 Å². The second kappa shape index (κ2) is 9.72. The molecule has 1 nitrogen and oxygen atoms in total. The summed E-state index contributed by atoms with van der Waals surface area (Å²) in [5, 5.41) is 6.51. The molecule has 0 aliphatic rings. The minimum Gasteiger partial charge on any atom is -0.418 e. The summed E-state index contributed by atoms with van der Waals surface area (Å²) in [4.78, 5) is 6.10. The summed E-state index contributed by atoms with van der Waals surface area (Å²) in [6, 6.07) is 19.9. The number of nitrogens with zero attached hydrogens (tertiary/aromatic N) is 1. The molecule has 0 unspecified atom stereocenters. The molecule has 0 bridgehead atoms. The zero-order chi connectivity index (χ0) is 21.7. The molecule has 3 heterocycles. The van der Waals surface area contributed by atoms with E-state index in [0.717, 1.165) is 0 Å². The van der Waals surface area contributed by atoms with Gasteiger partial charge >= 0.3 is 7.25 Å². The number of halogens is 4. The predicted octanol–water partition coefficient (Wildman–Crippen LogP) is 8.52. The number of hydrogen-bond acceptors (Lipinski definition) is 3. The van der Waals surface area contributed by atoms with Crippen molar-refractivity contribution in [2.75, 3.05) is 19.0 Å². The lowest BCUT2D eigenvalue weighted by atomic mass is 10.0. The first-order valence-corrected chi connectivity index (χ1v) is 11.5. The maximum absolute atomic E-state index is 9.75. The summed E-state index contributed by atoms with van der Waals surface area (Å²) in [5.74, 6) is 0. The molecule has 1 aromatic carbocycles. The minimum atomic E-state index is -6.00. The molecule has 0 N–H and O–H groups in total. The number of thiophene rings is 2. The molecule has 4 rings (SSSR count). The highest BCUT2D eigenvalue weighted by Crippen LogP contribution is 2.39. The van der Waals surface area contributed by atoms with Gasteiger partial charge in [-0.25, -0.2) is 0 Å². The van der Waals surface area contributed by atoms with Gasteiger partial charge in [-0.15, -0.1) is 11.3 Å². The van der Waals surface area contributed by atoms with Crippen molar-refractivity contribution in [3.05, 3.63) is 70.7 Å². The van der Waals surface area contributed by atoms with Crippen LogP contribution in [0, 0.1) is 0 Å². The van der Waals surface area contributed by atoms with Crippen LogP contribution >= 0.6 is 34.0 Å². The van der Waals surface area contributed by atoms with Crippen LogP contribution in [0.2, 0.25) is 0 Å². The van der Waals surface area contributed by atoms with E-state index in [0.29, 0.717) is 0 Å². The molecule has 0 radical (unpaired) electrons. The van der Waals surface area contributed by atoms with Gasteiger partial charge in [0.25, 0.3) is 0 Å². The van der Waals surface area contributed by atoms with Crippen LogP contribution < -0.4 is 4.90 Å². The maximum atomic E-state index is 9.75. The van der Waals surface area contributed by atoms with Crippen molar-refractivity contribution in [3.8, 4) is 31.3 Å². The van der Waals surface area contributed by atoms with E-state index in [-0.39, 0.29) is 0 Å². The van der Waals surface area contributed by atoms with Gasteiger partial charge < -0.3 is 22.2 Å². The highest BCUT2D eigenvalue weighted by molar-refractivity contribution is 7.23. The second-order valence-corrected chi connectivity index (χ2v) is 9.31. The lowest BCUT2D eigenvalue weighted by Gasteiger charge is -2.12. The van der Waals surface area contributed by atoms with E-state index in [2.05, 4.69) is 89.7 Å². The first kappa shape index (κ1) is 22.5. The van der Waals surface area contributed by atoms with Crippen molar-refractivity contribution >= 4 is 47.0 Å². The van der Waals surface area contributed by atoms with Crippen molar-refractivity contribution in [1.29, 1.82) is 0 Å². The normalized spacial score (nSPS) is 11.0. The number of benzene rings is 1. The zero-order valence-electron chi connectivity index (χ0n) is 16.2. The molecule has 0 spiro atoms. The number of rotatable bonds is 4. The Morgan fingerprint density at radius 2 is 1.47 bits per heavy atom. The molecule has 3 aromatic heterocycles. The van der Waals surface area contributed by atoms with E-state index >= 15 is 0 Å². The standard InChI is InChI=1S/C21H18NS3.BF4/c1-22(2)18-7-5-15(6-8-18)17-12-20(16-9-11-23-14-16)25-21(13-17)19-4-3-10-24-19;2-1(3,4)5/h3-14H,1-2H3;/q+1;-1. The molecule has 0 aliphatic carbocycles. The van der Waals surface area contributed by atoms with E-state index in [1.54, 1.807) is 22.7 Å². The average molecular weight is 467 g/mol. The summed E-state index contributed by atoms with van der Waals surface area (Å²) >= 11 is 5.41. The van der Waals surface area contributed by atoms with Gasteiger partial charge in [0, 0.05) is 37.3 Å². The summed E-state index contributed by atoms with van der Waals surface area (Å²) in [6.45, 7) is 0. The van der Waals surface area contributed by atoms with Crippen LogP contribution in [-0.2, 0) is 0 Å². The van der Waals surface area contributed by atoms with Crippen molar-refractivity contribution < 1.29 is 17.3 Å². The topological polar surface area (TPSA) is 3.24 Å². The minimum absolute atomic E-state index is 1.22. The van der Waals surface area contributed by atoms with Crippen LogP contribution in [0.5, 0.6) is 0 Å². The molecule has 156 valence electrons. The van der Waals surface area contributed by atoms with Gasteiger partial charge in [-0.1, -0.05) is 18.2 Å². The number of hydrogen-bond donors (Lipinski definition) is 0. The van der Waals surface area contributed by atoms with Gasteiger partial charge in [0.2, 0.25) is 21.1 Å². The molecule has 9 heteroatoms. The molecule has 0 amide bonds. The van der Waals surface area contributed by atoms with Gasteiger partial charge in [0.15, 0.2) is 0 Å². The lowest BCUT2D eigenvalue weighted by molar-refractivity contribution is 0.368. The smallest absolute Gasteiger partial charge is 0.418 e. The molecular formula is C21H18BF4NS3. The monoisotopic (exact) mass is 467 g/mol. The zero-order valence-corrected chi connectivity index (χ0v) is 18.6. The summed E-state index contributed by atoms with van der Waals surface area (Å²) < 4.78 is 39.0. The molecular weight excluding hydrogens is 449 g/mol. The van der Waals surface area contributed by atoms with E-state index in [1.165, 1.54) is 37.0 Å². The third kappa shape index (κ3) is 6.39. The molecule has 0 saturated heterocycles. The Balaban J connectivity index is 0.000000461. The fraction of sp³-hybridized carbons (Fsp3) is 0.0952. The third-order valence-electron chi connectivity index (χ3n) is 4.08. The summed E-state index contributed by atoms with van der Waals surface area (Å²) in [7, 11) is -1.86. The lowest BCUT2D eigenvalue weighted by Crippen LogP contribution is -2.07. The fourth-order valence-electron chi connectivity index (χ4n) is 2.71. The van der Waals surface area contributed by atoms with E-state index < -0.39 is 7.25 Å². The van der Waals surface area contributed by atoms with E-state index in [9.17, 15) is 17.3 Å². The summed E-state index contributed by atoms with van der Waals surface area (Å²) in [5.41, 5.74) is 5.06. The Kier molecular flexibility index (Phi) is 7.28. The average Bonchev–Trinajstić information content (AvgIpc) is 3.40. The maximum Gasteiger partial charge on any atom is 0.673 e. The van der Waals surface area contributed by atoms with Crippen LogP contribution in [0.3, 0.4) is 0 Å². The Morgan fingerprint density at radius 3 is 2.00 bits per heavy atom. The van der Waals surface area contributed by atoms with Crippen LogP contribution in [0.1, 0.15) is 0 Å². The highest BCUT2D eigenvalue weighted by atomic mass is 32.1. The largest absolute Gasteiger partial charge is 0.673 e.